The van der Waals surface area contributed by atoms with Crippen LogP contribution in [0, 0.1) is 0 Å². The Hall–Kier alpha value is -1.07. The molecule has 0 aliphatic rings. The van der Waals surface area contributed by atoms with Crippen LogP contribution in [0.4, 0.5) is 5.69 Å². The molecule has 1 aromatic rings. The molecule has 17 heavy (non-hydrogen) atoms. The quantitative estimate of drug-likeness (QED) is 0.794. The van der Waals surface area contributed by atoms with E-state index in [0.29, 0.717) is 20.7 Å². The second-order valence-electron chi connectivity index (χ2n) is 3.85. The molecule has 0 saturated heterocycles. The third-order valence-electron chi connectivity index (χ3n) is 1.94. The van der Waals surface area contributed by atoms with Crippen molar-refractivity contribution in [3.05, 3.63) is 9.21 Å². The summed E-state index contributed by atoms with van der Waals surface area (Å²) in [5, 5.41) is 0. The monoisotopic (exact) mass is 274 g/mol. The SMILES string of the molecule is COc1c(C(=O)N(C)C)sc(Cl)c1N=C(C)C. The van der Waals surface area contributed by atoms with Crippen molar-refractivity contribution in [3.63, 3.8) is 0 Å². The van der Waals surface area contributed by atoms with E-state index in [9.17, 15) is 4.79 Å². The lowest BCUT2D eigenvalue weighted by atomic mass is 10.3. The molecule has 0 radical (unpaired) electrons. The number of thiophene rings is 1. The van der Waals surface area contributed by atoms with Crippen molar-refractivity contribution in [2.75, 3.05) is 21.2 Å². The summed E-state index contributed by atoms with van der Waals surface area (Å²) in [6.07, 6.45) is 0. The molecule has 1 aromatic heterocycles. The number of nitrogens with zero attached hydrogens (tertiary/aromatic N) is 2. The number of amides is 1. The standard InChI is InChI=1S/C11H15ClN2O2S/c1-6(2)13-7-8(16-5)9(17-10(7)12)11(15)14(3)4/h1-5H3. The molecule has 0 saturated carbocycles. The number of carbonyl (C=O) groups is 1. The van der Waals surface area contributed by atoms with Gasteiger partial charge in [0.2, 0.25) is 0 Å². The summed E-state index contributed by atoms with van der Waals surface area (Å²) in [4.78, 5) is 18.2. The van der Waals surface area contributed by atoms with E-state index in [4.69, 9.17) is 16.3 Å². The molecule has 4 nitrogen and oxygen atoms in total. The highest BCUT2D eigenvalue weighted by atomic mass is 35.5. The third-order valence-corrected chi connectivity index (χ3v) is 3.29. The maximum atomic E-state index is 11.9. The van der Waals surface area contributed by atoms with Gasteiger partial charge in [-0.15, -0.1) is 11.3 Å². The first-order valence-electron chi connectivity index (χ1n) is 4.98. The molecule has 0 atom stereocenters. The van der Waals surface area contributed by atoms with Gasteiger partial charge < -0.3 is 9.64 Å². The highest BCUT2D eigenvalue weighted by Crippen LogP contribution is 2.45. The first-order chi connectivity index (χ1) is 7.88. The molecular weight excluding hydrogens is 260 g/mol. The molecule has 94 valence electrons. The molecule has 0 aliphatic carbocycles. The van der Waals surface area contributed by atoms with E-state index in [2.05, 4.69) is 4.99 Å². The fourth-order valence-electron chi connectivity index (χ4n) is 1.23. The lowest BCUT2D eigenvalue weighted by molar-refractivity contribution is 0.0829. The Bertz CT molecular complexity index is 462. The molecule has 0 aliphatic heterocycles. The van der Waals surface area contributed by atoms with E-state index in [1.165, 1.54) is 23.3 Å². The fourth-order valence-corrected chi connectivity index (χ4v) is 2.55. The second-order valence-corrected chi connectivity index (χ2v) is 5.47. The number of hydrogen-bond acceptors (Lipinski definition) is 4. The highest BCUT2D eigenvalue weighted by Gasteiger charge is 2.24. The maximum absolute atomic E-state index is 11.9. The van der Waals surface area contributed by atoms with Crippen LogP contribution in [0.15, 0.2) is 4.99 Å². The van der Waals surface area contributed by atoms with Crippen molar-refractivity contribution < 1.29 is 9.53 Å². The van der Waals surface area contributed by atoms with E-state index >= 15 is 0 Å². The average Bonchev–Trinajstić information content (AvgIpc) is 2.53. The van der Waals surface area contributed by atoms with E-state index in [1.54, 1.807) is 14.1 Å². The number of ether oxygens (including phenoxy) is 1. The number of hydrogen-bond donors (Lipinski definition) is 0. The molecule has 0 unspecified atom stereocenters. The van der Waals surface area contributed by atoms with Crippen LogP contribution >= 0.6 is 22.9 Å². The largest absolute Gasteiger partial charge is 0.493 e. The zero-order valence-electron chi connectivity index (χ0n) is 10.5. The second kappa shape index (κ2) is 5.51. The van der Waals surface area contributed by atoms with Gasteiger partial charge in [-0.3, -0.25) is 9.79 Å². The molecule has 0 fully saturated rings. The average molecular weight is 275 g/mol. The molecule has 0 spiro atoms. The van der Waals surface area contributed by atoms with E-state index in [0.717, 1.165) is 5.71 Å². The summed E-state index contributed by atoms with van der Waals surface area (Å²) in [5.74, 6) is 0.309. The molecule has 0 aromatic carbocycles. The Morgan fingerprint density at radius 1 is 1.41 bits per heavy atom. The minimum atomic E-state index is -0.135. The van der Waals surface area contributed by atoms with Crippen molar-refractivity contribution in [2.45, 2.75) is 13.8 Å². The van der Waals surface area contributed by atoms with Crippen molar-refractivity contribution in [1.29, 1.82) is 0 Å². The fraction of sp³-hybridized carbons (Fsp3) is 0.455. The van der Waals surface area contributed by atoms with Crippen LogP contribution < -0.4 is 4.74 Å². The summed E-state index contributed by atoms with van der Waals surface area (Å²) in [7, 11) is 4.88. The summed E-state index contributed by atoms with van der Waals surface area (Å²) in [5.41, 5.74) is 1.39. The van der Waals surface area contributed by atoms with Gasteiger partial charge in [-0.05, 0) is 13.8 Å². The van der Waals surface area contributed by atoms with Gasteiger partial charge in [0.25, 0.3) is 5.91 Å². The van der Waals surface area contributed by atoms with Gasteiger partial charge in [-0.25, -0.2) is 0 Å². The van der Waals surface area contributed by atoms with Crippen molar-refractivity contribution >= 4 is 40.2 Å². The Labute approximate surface area is 110 Å². The van der Waals surface area contributed by atoms with Crippen LogP contribution in [0.1, 0.15) is 23.5 Å². The molecule has 0 bridgehead atoms. The molecule has 6 heteroatoms. The first-order valence-corrected chi connectivity index (χ1v) is 6.17. The Balaban J connectivity index is 3.36. The van der Waals surface area contributed by atoms with E-state index < -0.39 is 0 Å². The minimum absolute atomic E-state index is 0.135. The Morgan fingerprint density at radius 2 is 2.00 bits per heavy atom. The first kappa shape index (κ1) is 14.0. The van der Waals surface area contributed by atoms with Gasteiger partial charge >= 0.3 is 0 Å². The topological polar surface area (TPSA) is 41.9 Å². The van der Waals surface area contributed by atoms with Crippen LogP contribution in [0.3, 0.4) is 0 Å². The predicted octanol–water partition coefficient (Wildman–Crippen LogP) is 3.22. The van der Waals surface area contributed by atoms with E-state index in [1.807, 2.05) is 13.8 Å². The smallest absolute Gasteiger partial charge is 0.267 e. The molecule has 1 amide bonds. The summed E-state index contributed by atoms with van der Waals surface area (Å²) < 4.78 is 5.71. The van der Waals surface area contributed by atoms with Crippen LogP contribution in [-0.4, -0.2) is 37.7 Å². The molecule has 0 N–H and O–H groups in total. The van der Waals surface area contributed by atoms with Gasteiger partial charge in [0.05, 0.1) is 7.11 Å². The van der Waals surface area contributed by atoms with Gasteiger partial charge in [0, 0.05) is 19.8 Å². The number of carbonyl (C=O) groups excluding carboxylic acids is 1. The van der Waals surface area contributed by atoms with Crippen LogP contribution in [0.2, 0.25) is 4.34 Å². The highest BCUT2D eigenvalue weighted by molar-refractivity contribution is 7.19. The third kappa shape index (κ3) is 2.98. The zero-order valence-corrected chi connectivity index (χ0v) is 12.1. The number of methoxy groups -OCH3 is 1. The van der Waals surface area contributed by atoms with Crippen LogP contribution in [-0.2, 0) is 0 Å². The van der Waals surface area contributed by atoms with Crippen LogP contribution in [0.25, 0.3) is 0 Å². The van der Waals surface area contributed by atoms with E-state index in [-0.39, 0.29) is 5.91 Å². The van der Waals surface area contributed by atoms with Gasteiger partial charge in [-0.2, -0.15) is 0 Å². The molecule has 1 heterocycles. The number of rotatable bonds is 3. The molecular formula is C11H15ClN2O2S. The maximum Gasteiger partial charge on any atom is 0.267 e. The van der Waals surface area contributed by atoms with Gasteiger partial charge in [0.1, 0.15) is 14.9 Å². The molecule has 1 rings (SSSR count). The zero-order chi connectivity index (χ0) is 13.2. The summed E-state index contributed by atoms with van der Waals surface area (Å²) in [6, 6.07) is 0. The lowest BCUT2D eigenvalue weighted by Crippen LogP contribution is -2.21. The summed E-state index contributed by atoms with van der Waals surface area (Å²) in [6.45, 7) is 3.72. The lowest BCUT2D eigenvalue weighted by Gasteiger charge is -2.09. The number of halogens is 1. The van der Waals surface area contributed by atoms with Crippen molar-refractivity contribution in [3.8, 4) is 5.75 Å². The Morgan fingerprint density at radius 3 is 2.41 bits per heavy atom. The van der Waals surface area contributed by atoms with Crippen molar-refractivity contribution in [2.24, 2.45) is 4.99 Å². The summed E-state index contributed by atoms with van der Waals surface area (Å²) >= 11 is 7.27. The van der Waals surface area contributed by atoms with Gasteiger partial charge in [-0.1, -0.05) is 11.6 Å². The minimum Gasteiger partial charge on any atom is -0.493 e. The Kier molecular flexibility index (Phi) is 4.54. The van der Waals surface area contributed by atoms with Crippen LogP contribution in [0.5, 0.6) is 5.75 Å². The van der Waals surface area contributed by atoms with Gasteiger partial charge in [0.15, 0.2) is 5.75 Å². The number of aliphatic imine (C=N–C) groups is 1. The van der Waals surface area contributed by atoms with Crippen molar-refractivity contribution in [1.82, 2.24) is 4.90 Å². The normalized spacial score (nSPS) is 10.0. The predicted molar refractivity (Wildman–Crippen MR) is 72.3 cm³/mol.